The Hall–Kier alpha value is -0.0800. The van der Waals surface area contributed by atoms with Gasteiger partial charge in [-0.1, -0.05) is 20.8 Å². The van der Waals surface area contributed by atoms with Crippen LogP contribution in [0.15, 0.2) is 0 Å². The molecule has 2 rings (SSSR count). The van der Waals surface area contributed by atoms with Gasteiger partial charge in [0.25, 0.3) is 0 Å². The van der Waals surface area contributed by atoms with Crippen molar-refractivity contribution < 1.29 is 0 Å². The predicted octanol–water partition coefficient (Wildman–Crippen LogP) is 3.19. The first-order valence-electron chi connectivity index (χ1n) is 6.69. The van der Waals surface area contributed by atoms with Gasteiger partial charge in [-0.15, -0.1) is 0 Å². The second-order valence-electron chi connectivity index (χ2n) is 7.86. The Labute approximate surface area is 101 Å². The Morgan fingerprint density at radius 3 is 1.94 bits per heavy atom. The zero-order chi connectivity index (χ0) is 12.2. The largest absolute Gasteiger partial charge is 0.251 e. The molecule has 0 radical (unpaired) electrons. The Morgan fingerprint density at radius 1 is 1.00 bits per heavy atom. The van der Waals surface area contributed by atoms with Gasteiger partial charge in [-0.3, -0.25) is 5.43 Å². The van der Waals surface area contributed by atoms with E-state index in [1.54, 1.807) is 0 Å². The van der Waals surface area contributed by atoms with Crippen molar-refractivity contribution in [1.82, 2.24) is 10.4 Å². The standard InChI is InChI=1S/C14H28N2/c1-12(2,3)11-14(7-8-14)9-10-16(15-11)13(4,5)6/h11,15H,7-10H2,1-6H3. The fraction of sp³-hybridized carbons (Fsp3) is 1.00. The number of hydrogen-bond donors (Lipinski definition) is 1. The first kappa shape index (κ1) is 12.4. The van der Waals surface area contributed by atoms with Crippen LogP contribution in [0.1, 0.15) is 60.8 Å². The summed E-state index contributed by atoms with van der Waals surface area (Å²) in [6.07, 6.45) is 4.24. The van der Waals surface area contributed by atoms with Crippen LogP contribution in [-0.4, -0.2) is 23.1 Å². The molecule has 2 heteroatoms. The molecule has 1 atom stereocenters. The van der Waals surface area contributed by atoms with Crippen LogP contribution in [0.5, 0.6) is 0 Å². The highest BCUT2D eigenvalue weighted by atomic mass is 15.6. The van der Waals surface area contributed by atoms with E-state index in [0.717, 1.165) is 0 Å². The molecule has 16 heavy (non-hydrogen) atoms. The predicted molar refractivity (Wildman–Crippen MR) is 69.1 cm³/mol. The van der Waals surface area contributed by atoms with Gasteiger partial charge in [0, 0.05) is 18.1 Å². The van der Waals surface area contributed by atoms with E-state index in [9.17, 15) is 0 Å². The lowest BCUT2D eigenvalue weighted by Crippen LogP contribution is -2.64. The molecule has 1 unspecified atom stereocenters. The Kier molecular flexibility index (Phi) is 2.67. The van der Waals surface area contributed by atoms with Crippen molar-refractivity contribution >= 4 is 0 Å². The van der Waals surface area contributed by atoms with Crippen LogP contribution in [0.3, 0.4) is 0 Å². The summed E-state index contributed by atoms with van der Waals surface area (Å²) in [7, 11) is 0. The number of rotatable bonds is 0. The molecule has 1 heterocycles. The highest BCUT2D eigenvalue weighted by Crippen LogP contribution is 2.57. The van der Waals surface area contributed by atoms with Gasteiger partial charge in [0.1, 0.15) is 0 Å². The summed E-state index contributed by atoms with van der Waals surface area (Å²) in [5.41, 5.74) is 5.04. The van der Waals surface area contributed by atoms with Crippen molar-refractivity contribution in [2.45, 2.75) is 72.4 Å². The topological polar surface area (TPSA) is 15.3 Å². The highest BCUT2D eigenvalue weighted by Gasteiger charge is 2.56. The summed E-state index contributed by atoms with van der Waals surface area (Å²) in [4.78, 5) is 0. The first-order valence-corrected chi connectivity index (χ1v) is 6.69. The maximum atomic E-state index is 3.82. The van der Waals surface area contributed by atoms with Gasteiger partial charge in [-0.2, -0.15) is 0 Å². The molecule has 2 fully saturated rings. The van der Waals surface area contributed by atoms with Crippen molar-refractivity contribution in [3.8, 4) is 0 Å². The van der Waals surface area contributed by atoms with Crippen LogP contribution in [-0.2, 0) is 0 Å². The van der Waals surface area contributed by atoms with Gasteiger partial charge in [0.05, 0.1) is 0 Å². The van der Waals surface area contributed by atoms with Gasteiger partial charge in [0.2, 0.25) is 0 Å². The van der Waals surface area contributed by atoms with E-state index in [0.29, 0.717) is 16.9 Å². The van der Waals surface area contributed by atoms with Crippen LogP contribution in [0, 0.1) is 10.8 Å². The summed E-state index contributed by atoms with van der Waals surface area (Å²) in [6.45, 7) is 15.2. The van der Waals surface area contributed by atoms with Gasteiger partial charge in [-0.05, 0) is 50.9 Å². The van der Waals surface area contributed by atoms with E-state index in [2.05, 4.69) is 52.0 Å². The zero-order valence-corrected chi connectivity index (χ0v) is 11.9. The molecular formula is C14H28N2. The van der Waals surface area contributed by atoms with E-state index in [-0.39, 0.29) is 5.54 Å². The third kappa shape index (κ3) is 2.14. The molecule has 0 aromatic heterocycles. The normalized spacial score (nSPS) is 30.8. The minimum absolute atomic E-state index is 0.236. The maximum Gasteiger partial charge on any atom is 0.0320 e. The molecule has 0 aromatic carbocycles. The van der Waals surface area contributed by atoms with Crippen molar-refractivity contribution in [2.24, 2.45) is 10.8 Å². The van der Waals surface area contributed by atoms with Crippen LogP contribution in [0.2, 0.25) is 0 Å². The summed E-state index contributed by atoms with van der Waals surface area (Å²) in [6, 6.07) is 0.646. The van der Waals surface area contributed by atoms with E-state index in [1.165, 1.54) is 25.8 Å². The summed E-state index contributed by atoms with van der Waals surface area (Å²) in [5, 5.41) is 2.45. The van der Waals surface area contributed by atoms with Crippen LogP contribution in [0.4, 0.5) is 0 Å². The minimum Gasteiger partial charge on any atom is -0.251 e. The fourth-order valence-electron chi connectivity index (χ4n) is 3.18. The molecule has 1 N–H and O–H groups in total. The molecule has 0 aromatic rings. The van der Waals surface area contributed by atoms with Crippen molar-refractivity contribution in [2.75, 3.05) is 6.54 Å². The van der Waals surface area contributed by atoms with Gasteiger partial charge in [0.15, 0.2) is 0 Å². The molecular weight excluding hydrogens is 196 g/mol. The molecule has 1 spiro atoms. The van der Waals surface area contributed by atoms with E-state index in [1.807, 2.05) is 0 Å². The smallest absolute Gasteiger partial charge is 0.0320 e. The minimum atomic E-state index is 0.236. The third-order valence-corrected chi connectivity index (χ3v) is 4.30. The van der Waals surface area contributed by atoms with E-state index >= 15 is 0 Å². The molecule has 1 saturated carbocycles. The number of hydrazine groups is 1. The van der Waals surface area contributed by atoms with Crippen LogP contribution in [0.25, 0.3) is 0 Å². The average molecular weight is 224 g/mol. The zero-order valence-electron chi connectivity index (χ0n) is 11.9. The molecule has 1 saturated heterocycles. The lowest BCUT2D eigenvalue weighted by atomic mass is 9.74. The van der Waals surface area contributed by atoms with Gasteiger partial charge < -0.3 is 0 Å². The second kappa shape index (κ2) is 3.46. The van der Waals surface area contributed by atoms with Gasteiger partial charge in [-0.25, -0.2) is 5.01 Å². The summed E-state index contributed by atoms with van der Waals surface area (Å²) in [5.74, 6) is 0. The monoisotopic (exact) mass is 224 g/mol. The molecule has 1 aliphatic carbocycles. The lowest BCUT2D eigenvalue weighted by molar-refractivity contribution is -0.0408. The number of hydrogen-bond acceptors (Lipinski definition) is 2. The highest BCUT2D eigenvalue weighted by molar-refractivity contribution is 5.08. The van der Waals surface area contributed by atoms with E-state index in [4.69, 9.17) is 0 Å². The Balaban J connectivity index is 2.14. The maximum absolute atomic E-state index is 3.82. The molecule has 1 aliphatic heterocycles. The number of nitrogens with zero attached hydrogens (tertiary/aromatic N) is 1. The summed E-state index contributed by atoms with van der Waals surface area (Å²) >= 11 is 0. The Morgan fingerprint density at radius 2 is 1.56 bits per heavy atom. The third-order valence-electron chi connectivity index (χ3n) is 4.30. The number of nitrogens with one attached hydrogen (secondary N) is 1. The molecule has 2 nitrogen and oxygen atoms in total. The van der Waals surface area contributed by atoms with E-state index < -0.39 is 0 Å². The first-order chi connectivity index (χ1) is 7.15. The quantitative estimate of drug-likeness (QED) is 0.680. The summed E-state index contributed by atoms with van der Waals surface area (Å²) < 4.78 is 0. The van der Waals surface area contributed by atoms with Crippen molar-refractivity contribution in [3.05, 3.63) is 0 Å². The fourth-order valence-corrected chi connectivity index (χ4v) is 3.18. The second-order valence-corrected chi connectivity index (χ2v) is 7.86. The van der Waals surface area contributed by atoms with Crippen molar-refractivity contribution in [1.29, 1.82) is 0 Å². The lowest BCUT2D eigenvalue weighted by Gasteiger charge is -2.50. The van der Waals surface area contributed by atoms with Crippen LogP contribution >= 0.6 is 0 Å². The molecule has 0 bridgehead atoms. The van der Waals surface area contributed by atoms with Gasteiger partial charge >= 0.3 is 0 Å². The Bertz CT molecular complexity index is 265. The molecule has 94 valence electrons. The SMILES string of the molecule is CC(C)(C)C1NN(C(C)(C)C)CCC12CC2. The molecule has 2 aliphatic rings. The molecule has 0 amide bonds. The van der Waals surface area contributed by atoms with Crippen LogP contribution < -0.4 is 5.43 Å². The van der Waals surface area contributed by atoms with Crippen molar-refractivity contribution in [3.63, 3.8) is 0 Å². The average Bonchev–Trinajstić information content (AvgIpc) is 2.82.